The van der Waals surface area contributed by atoms with E-state index in [9.17, 15) is 27.6 Å². The van der Waals surface area contributed by atoms with E-state index < -0.39 is 29.1 Å². The Morgan fingerprint density at radius 3 is 2.59 bits per heavy atom. The molecule has 2 amide bonds. The van der Waals surface area contributed by atoms with Crippen molar-refractivity contribution in [3.8, 4) is 0 Å². The molecule has 3 heterocycles. The number of carbonyl (C=O) groups is 2. The fourth-order valence-electron chi connectivity index (χ4n) is 2.74. The molecule has 0 saturated heterocycles. The first-order valence-electron chi connectivity index (χ1n) is 10.2. The van der Waals surface area contributed by atoms with E-state index >= 15 is 0 Å². The van der Waals surface area contributed by atoms with Crippen molar-refractivity contribution in [2.45, 2.75) is 32.0 Å². The lowest BCUT2D eigenvalue weighted by Crippen LogP contribution is -2.35. The van der Waals surface area contributed by atoms with Crippen LogP contribution in [0.3, 0.4) is 0 Å². The SMILES string of the molecule is COCCC1CC1.O=C(NCc1ccc(C(F)(F)F)cn1)C(=O)Nc1cnc2o[nH]c(=O)c2c1. The van der Waals surface area contributed by atoms with Crippen molar-refractivity contribution in [2.75, 3.05) is 19.0 Å². The Balaban J connectivity index is 0.000000396. The van der Waals surface area contributed by atoms with Crippen molar-refractivity contribution in [3.05, 3.63) is 52.2 Å². The maximum absolute atomic E-state index is 12.5. The lowest BCUT2D eigenvalue weighted by molar-refractivity contribution is -0.137. The van der Waals surface area contributed by atoms with Crippen LogP contribution in [0.2, 0.25) is 0 Å². The number of H-pyrrole nitrogens is 1. The maximum atomic E-state index is 12.5. The van der Waals surface area contributed by atoms with Crippen molar-refractivity contribution in [3.63, 3.8) is 0 Å². The number of ether oxygens (including phenoxy) is 1. The van der Waals surface area contributed by atoms with Gasteiger partial charge in [-0.2, -0.15) is 18.3 Å². The zero-order valence-electron chi connectivity index (χ0n) is 18.1. The fraction of sp³-hybridized carbons (Fsp3) is 0.381. The monoisotopic (exact) mass is 481 g/mol. The lowest BCUT2D eigenvalue weighted by atomic mass is 10.2. The Morgan fingerprint density at radius 2 is 1.97 bits per heavy atom. The summed E-state index contributed by atoms with van der Waals surface area (Å²) in [7, 11) is 1.77. The Hall–Kier alpha value is -3.74. The zero-order valence-corrected chi connectivity index (χ0v) is 18.1. The van der Waals surface area contributed by atoms with Crippen LogP contribution in [0.4, 0.5) is 18.9 Å². The fourth-order valence-corrected chi connectivity index (χ4v) is 2.74. The molecule has 1 aliphatic rings. The van der Waals surface area contributed by atoms with Gasteiger partial charge in [-0.3, -0.25) is 19.4 Å². The second-order valence-electron chi connectivity index (χ2n) is 7.51. The van der Waals surface area contributed by atoms with E-state index in [2.05, 4.69) is 25.8 Å². The molecule has 182 valence electrons. The second-order valence-corrected chi connectivity index (χ2v) is 7.51. The van der Waals surface area contributed by atoms with Gasteiger partial charge in [-0.05, 0) is 30.5 Å². The molecule has 3 aromatic heterocycles. The van der Waals surface area contributed by atoms with E-state index in [0.29, 0.717) is 6.20 Å². The van der Waals surface area contributed by atoms with Crippen molar-refractivity contribution in [1.29, 1.82) is 0 Å². The van der Waals surface area contributed by atoms with Crippen LogP contribution in [0.1, 0.15) is 30.5 Å². The number of anilines is 1. The molecule has 0 aliphatic heterocycles. The maximum Gasteiger partial charge on any atom is 0.417 e. The van der Waals surface area contributed by atoms with Crippen LogP contribution < -0.4 is 16.2 Å². The molecule has 1 fully saturated rings. The Labute approximate surface area is 190 Å². The number of alkyl halides is 3. The lowest BCUT2D eigenvalue weighted by Gasteiger charge is -2.08. The van der Waals surface area contributed by atoms with E-state index in [4.69, 9.17) is 9.26 Å². The van der Waals surface area contributed by atoms with Crippen molar-refractivity contribution in [2.24, 2.45) is 5.92 Å². The van der Waals surface area contributed by atoms with E-state index in [0.717, 1.165) is 24.7 Å². The topological polar surface area (TPSA) is 139 Å². The van der Waals surface area contributed by atoms with Gasteiger partial charge < -0.3 is 19.9 Å². The number of hydrogen-bond acceptors (Lipinski definition) is 7. The minimum atomic E-state index is -4.51. The van der Waals surface area contributed by atoms with E-state index in [1.165, 1.54) is 31.5 Å². The summed E-state index contributed by atoms with van der Waals surface area (Å²) in [5.74, 6) is -1.07. The summed E-state index contributed by atoms with van der Waals surface area (Å²) < 4.78 is 47.0. The predicted octanol–water partition coefficient (Wildman–Crippen LogP) is 2.62. The van der Waals surface area contributed by atoms with E-state index in [1.807, 2.05) is 0 Å². The van der Waals surface area contributed by atoms with Gasteiger partial charge in [-0.15, -0.1) is 0 Å². The number of pyridine rings is 2. The summed E-state index contributed by atoms with van der Waals surface area (Å²) in [6.45, 7) is 0.716. The van der Waals surface area contributed by atoms with Crippen LogP contribution in [-0.2, 0) is 27.0 Å². The molecule has 0 radical (unpaired) electrons. The summed E-state index contributed by atoms with van der Waals surface area (Å²) in [5.41, 5.74) is -1.21. The smallest absolute Gasteiger partial charge is 0.385 e. The molecule has 3 aromatic rings. The number of fused-ring (bicyclic) bond motifs is 1. The van der Waals surface area contributed by atoms with Gasteiger partial charge in [0.15, 0.2) is 0 Å². The van der Waals surface area contributed by atoms with Crippen LogP contribution in [0.5, 0.6) is 0 Å². The van der Waals surface area contributed by atoms with Gasteiger partial charge in [0.25, 0.3) is 11.3 Å². The molecular formula is C21H22F3N5O5. The summed E-state index contributed by atoms with van der Waals surface area (Å²) in [5, 5.41) is 6.61. The standard InChI is InChI=1S/C15H10F3N5O4.C6H12O/c16-15(17,18)7-1-2-8(19-4-7)5-20-12(25)13(26)22-9-3-10-11(24)23-27-14(10)21-6-9;1-7-5-4-6-2-3-6/h1-4,6H,5H2,(H,20,25)(H,22,26)(H,23,24);6H,2-5H2,1H3. The summed E-state index contributed by atoms with van der Waals surface area (Å²) >= 11 is 0. The third kappa shape index (κ3) is 7.13. The highest BCUT2D eigenvalue weighted by atomic mass is 19.4. The first-order valence-corrected chi connectivity index (χ1v) is 10.2. The summed E-state index contributed by atoms with van der Waals surface area (Å²) in [4.78, 5) is 42.4. The Morgan fingerprint density at radius 1 is 1.21 bits per heavy atom. The molecule has 10 nitrogen and oxygen atoms in total. The first-order chi connectivity index (χ1) is 16.2. The van der Waals surface area contributed by atoms with Gasteiger partial charge in [0.05, 0.1) is 29.7 Å². The minimum absolute atomic E-state index is 0.0378. The Bertz CT molecular complexity index is 1190. The van der Waals surface area contributed by atoms with E-state index in [1.54, 1.807) is 7.11 Å². The van der Waals surface area contributed by atoms with Crippen LogP contribution in [0.25, 0.3) is 11.1 Å². The molecule has 4 rings (SSSR count). The number of amides is 2. The molecule has 1 saturated carbocycles. The summed E-state index contributed by atoms with van der Waals surface area (Å²) in [6, 6.07) is 3.18. The van der Waals surface area contributed by atoms with Gasteiger partial charge in [-0.1, -0.05) is 12.8 Å². The number of rotatable bonds is 6. The molecule has 0 bridgehead atoms. The van der Waals surface area contributed by atoms with Gasteiger partial charge in [0, 0.05) is 19.9 Å². The number of carbonyl (C=O) groups excluding carboxylic acids is 2. The van der Waals surface area contributed by atoms with Crippen LogP contribution >= 0.6 is 0 Å². The van der Waals surface area contributed by atoms with Crippen molar-refractivity contribution in [1.82, 2.24) is 20.4 Å². The number of hydrogen-bond donors (Lipinski definition) is 3. The Kier molecular flexibility index (Phi) is 7.99. The number of nitrogens with one attached hydrogen (secondary N) is 3. The van der Waals surface area contributed by atoms with Crippen LogP contribution in [0, 0.1) is 5.92 Å². The number of halogens is 3. The highest BCUT2D eigenvalue weighted by Crippen LogP contribution is 2.32. The molecule has 13 heteroatoms. The molecular weight excluding hydrogens is 459 g/mol. The normalized spacial score (nSPS) is 13.2. The molecule has 0 unspecified atom stereocenters. The third-order valence-electron chi connectivity index (χ3n) is 4.81. The van der Waals surface area contributed by atoms with Gasteiger partial charge in [-0.25, -0.2) is 4.98 Å². The zero-order chi connectivity index (χ0) is 24.7. The molecule has 3 N–H and O–H groups in total. The van der Waals surface area contributed by atoms with Gasteiger partial charge >= 0.3 is 18.0 Å². The van der Waals surface area contributed by atoms with Crippen LogP contribution in [-0.4, -0.2) is 40.7 Å². The molecule has 0 aromatic carbocycles. The van der Waals surface area contributed by atoms with Gasteiger partial charge in [0.1, 0.15) is 5.39 Å². The number of aromatic amines is 1. The second kappa shape index (κ2) is 10.9. The number of methoxy groups -OCH3 is 1. The molecule has 1 aliphatic carbocycles. The third-order valence-corrected chi connectivity index (χ3v) is 4.81. The highest BCUT2D eigenvalue weighted by Gasteiger charge is 2.30. The van der Waals surface area contributed by atoms with Crippen molar-refractivity contribution >= 4 is 28.6 Å². The van der Waals surface area contributed by atoms with Crippen molar-refractivity contribution < 1.29 is 32.0 Å². The number of aromatic nitrogens is 3. The number of nitrogens with zero attached hydrogens (tertiary/aromatic N) is 2. The average molecular weight is 481 g/mol. The summed E-state index contributed by atoms with van der Waals surface area (Å²) in [6.07, 6.45) is 1.48. The van der Waals surface area contributed by atoms with Gasteiger partial charge in [0.2, 0.25) is 0 Å². The van der Waals surface area contributed by atoms with E-state index in [-0.39, 0.29) is 29.0 Å². The largest absolute Gasteiger partial charge is 0.417 e. The first kappa shape index (κ1) is 24.9. The molecule has 0 spiro atoms. The molecule has 0 atom stereocenters. The average Bonchev–Trinajstić information content (AvgIpc) is 3.58. The quantitative estimate of drug-likeness (QED) is 0.460. The van der Waals surface area contributed by atoms with Crippen LogP contribution in [0.15, 0.2) is 39.9 Å². The molecule has 34 heavy (non-hydrogen) atoms. The predicted molar refractivity (Wildman–Crippen MR) is 114 cm³/mol. The minimum Gasteiger partial charge on any atom is -0.385 e. The highest BCUT2D eigenvalue weighted by molar-refractivity contribution is 6.39.